The summed E-state index contributed by atoms with van der Waals surface area (Å²) in [7, 11) is 0. The quantitative estimate of drug-likeness (QED) is 0.355. The maximum Gasteiger partial charge on any atom is 0.407 e. The van der Waals surface area contributed by atoms with Crippen LogP contribution in [0.15, 0.2) is 61.2 Å². The zero-order valence-corrected chi connectivity index (χ0v) is 17.0. The van der Waals surface area contributed by atoms with E-state index in [-0.39, 0.29) is 12.5 Å². The third-order valence-electron chi connectivity index (χ3n) is 5.20. The highest BCUT2D eigenvalue weighted by Crippen LogP contribution is 2.44. The van der Waals surface area contributed by atoms with E-state index >= 15 is 0 Å². The predicted octanol–water partition coefficient (Wildman–Crippen LogP) is 3.75. The highest BCUT2D eigenvalue weighted by atomic mass is 16.5. The van der Waals surface area contributed by atoms with Crippen LogP contribution in [0.4, 0.5) is 4.79 Å². The number of carbonyl (C=O) groups excluding carboxylic acids is 2. The van der Waals surface area contributed by atoms with Gasteiger partial charge in [0.2, 0.25) is 0 Å². The van der Waals surface area contributed by atoms with E-state index < -0.39 is 18.1 Å². The van der Waals surface area contributed by atoms with E-state index in [1.54, 1.807) is 0 Å². The lowest BCUT2D eigenvalue weighted by molar-refractivity contribution is -0.144. The zero-order valence-electron chi connectivity index (χ0n) is 17.0. The molecule has 0 radical (unpaired) electrons. The highest BCUT2D eigenvalue weighted by molar-refractivity contribution is 5.79. The average molecular weight is 408 g/mol. The fourth-order valence-corrected chi connectivity index (χ4v) is 3.70. The summed E-state index contributed by atoms with van der Waals surface area (Å²) in [6.45, 7) is 4.40. The molecule has 6 heteroatoms. The standard InChI is InChI=1S/C24H28N2O4/c1-2-15-29-23(27)22(25)13-7-8-14-26-24(28)30-16-21-19-11-5-3-9-17(19)18-10-4-6-12-20(18)21/h2-6,9-12,21-22H,1,7-8,13-16,25H2,(H,26,28)/t22-/m0/s1. The third kappa shape index (κ3) is 5.27. The predicted molar refractivity (Wildman–Crippen MR) is 116 cm³/mol. The van der Waals surface area contributed by atoms with E-state index in [0.29, 0.717) is 32.4 Å². The molecule has 0 aliphatic heterocycles. The van der Waals surface area contributed by atoms with Gasteiger partial charge in [0, 0.05) is 12.5 Å². The van der Waals surface area contributed by atoms with Crippen LogP contribution in [0.1, 0.15) is 36.3 Å². The molecule has 1 atom stereocenters. The Labute approximate surface area is 177 Å². The first-order chi connectivity index (χ1) is 14.6. The van der Waals surface area contributed by atoms with E-state index in [9.17, 15) is 9.59 Å². The number of nitrogens with two attached hydrogens (primary N) is 1. The second kappa shape index (κ2) is 10.6. The first kappa shape index (κ1) is 21.6. The minimum Gasteiger partial charge on any atom is -0.460 e. The fourth-order valence-electron chi connectivity index (χ4n) is 3.70. The minimum atomic E-state index is -0.653. The van der Waals surface area contributed by atoms with Gasteiger partial charge in [-0.25, -0.2) is 4.79 Å². The Morgan fingerprint density at radius 2 is 1.67 bits per heavy atom. The number of hydrogen-bond donors (Lipinski definition) is 2. The number of fused-ring (bicyclic) bond motifs is 3. The van der Waals surface area contributed by atoms with Crippen molar-refractivity contribution in [2.24, 2.45) is 5.73 Å². The van der Waals surface area contributed by atoms with Gasteiger partial charge in [0.25, 0.3) is 0 Å². The number of carbonyl (C=O) groups is 2. The SMILES string of the molecule is C=CCOC(=O)[C@@H](N)CCCCNC(=O)OCC1c2ccccc2-c2ccccc21. The molecule has 0 fully saturated rings. The van der Waals surface area contributed by atoms with Crippen molar-refractivity contribution in [1.29, 1.82) is 0 Å². The summed E-state index contributed by atoms with van der Waals surface area (Å²) < 4.78 is 10.4. The zero-order chi connectivity index (χ0) is 21.3. The van der Waals surface area contributed by atoms with Gasteiger partial charge >= 0.3 is 12.1 Å². The van der Waals surface area contributed by atoms with Crippen LogP contribution in [-0.4, -0.2) is 37.9 Å². The fraction of sp³-hybridized carbons (Fsp3) is 0.333. The smallest absolute Gasteiger partial charge is 0.407 e. The molecule has 0 heterocycles. The topological polar surface area (TPSA) is 90.6 Å². The Morgan fingerprint density at radius 3 is 2.30 bits per heavy atom. The summed E-state index contributed by atoms with van der Waals surface area (Å²) >= 11 is 0. The summed E-state index contributed by atoms with van der Waals surface area (Å²) in [5.41, 5.74) is 10.5. The Kier molecular flexibility index (Phi) is 7.63. The molecule has 1 amide bonds. The minimum absolute atomic E-state index is 0.0442. The number of unbranched alkanes of at least 4 members (excludes halogenated alkanes) is 1. The van der Waals surface area contributed by atoms with Crippen LogP contribution >= 0.6 is 0 Å². The van der Waals surface area contributed by atoms with E-state index in [4.69, 9.17) is 15.2 Å². The molecule has 3 N–H and O–H groups in total. The van der Waals surface area contributed by atoms with Crippen LogP contribution in [0.5, 0.6) is 0 Å². The summed E-state index contributed by atoms with van der Waals surface area (Å²) in [6.07, 6.45) is 2.97. The molecule has 0 unspecified atom stereocenters. The monoisotopic (exact) mass is 408 g/mol. The van der Waals surface area contributed by atoms with E-state index in [1.165, 1.54) is 28.3 Å². The molecule has 1 aliphatic carbocycles. The Balaban J connectivity index is 1.39. The van der Waals surface area contributed by atoms with Crippen molar-refractivity contribution >= 4 is 12.1 Å². The molecule has 3 rings (SSSR count). The van der Waals surface area contributed by atoms with Crippen molar-refractivity contribution in [3.63, 3.8) is 0 Å². The summed E-state index contributed by atoms with van der Waals surface area (Å²) in [5, 5.41) is 2.76. The van der Waals surface area contributed by atoms with Crippen LogP contribution in [0.25, 0.3) is 11.1 Å². The van der Waals surface area contributed by atoms with Gasteiger partial charge in [0.05, 0.1) is 0 Å². The molecular weight excluding hydrogens is 380 g/mol. The number of hydrogen-bond acceptors (Lipinski definition) is 5. The molecule has 0 saturated heterocycles. The molecule has 30 heavy (non-hydrogen) atoms. The molecule has 1 aliphatic rings. The van der Waals surface area contributed by atoms with Crippen LogP contribution in [-0.2, 0) is 14.3 Å². The summed E-state index contributed by atoms with van der Waals surface area (Å²) in [4.78, 5) is 23.7. The van der Waals surface area contributed by atoms with Crippen LogP contribution in [0.3, 0.4) is 0 Å². The third-order valence-corrected chi connectivity index (χ3v) is 5.20. The Morgan fingerprint density at radius 1 is 1.03 bits per heavy atom. The van der Waals surface area contributed by atoms with Gasteiger partial charge in [0.15, 0.2) is 0 Å². The number of rotatable bonds is 10. The Bertz CT molecular complexity index is 851. The number of alkyl carbamates (subject to hydrolysis) is 1. The van der Waals surface area contributed by atoms with Gasteiger partial charge in [0.1, 0.15) is 19.3 Å². The second-order valence-electron chi connectivity index (χ2n) is 7.27. The molecule has 6 nitrogen and oxygen atoms in total. The Hall–Kier alpha value is -3.12. The first-order valence-electron chi connectivity index (χ1n) is 10.2. The van der Waals surface area contributed by atoms with Gasteiger partial charge in [-0.15, -0.1) is 0 Å². The normalized spacial score (nSPS) is 13.1. The molecule has 0 aromatic heterocycles. The van der Waals surface area contributed by atoms with Crippen molar-refractivity contribution in [3.05, 3.63) is 72.3 Å². The molecule has 0 spiro atoms. The summed E-state index contributed by atoms with van der Waals surface area (Å²) in [5.74, 6) is -0.387. The van der Waals surface area contributed by atoms with Crippen molar-refractivity contribution < 1.29 is 19.1 Å². The van der Waals surface area contributed by atoms with E-state index in [0.717, 1.165) is 0 Å². The van der Waals surface area contributed by atoms with Gasteiger partial charge < -0.3 is 20.5 Å². The van der Waals surface area contributed by atoms with Crippen LogP contribution in [0, 0.1) is 0 Å². The highest BCUT2D eigenvalue weighted by Gasteiger charge is 2.28. The van der Waals surface area contributed by atoms with Crippen molar-refractivity contribution in [1.82, 2.24) is 5.32 Å². The molecule has 158 valence electrons. The van der Waals surface area contributed by atoms with Crippen molar-refractivity contribution in [2.75, 3.05) is 19.8 Å². The largest absolute Gasteiger partial charge is 0.460 e. The summed E-state index contributed by atoms with van der Waals surface area (Å²) in [6, 6.07) is 15.8. The lowest BCUT2D eigenvalue weighted by Gasteiger charge is -2.14. The molecule has 2 aromatic rings. The van der Waals surface area contributed by atoms with Crippen LogP contribution < -0.4 is 11.1 Å². The van der Waals surface area contributed by atoms with Crippen molar-refractivity contribution in [3.8, 4) is 11.1 Å². The molecular formula is C24H28N2O4. The lowest BCUT2D eigenvalue weighted by atomic mass is 9.98. The number of benzene rings is 2. The number of ether oxygens (including phenoxy) is 2. The van der Waals surface area contributed by atoms with E-state index in [2.05, 4.69) is 36.2 Å². The number of amides is 1. The molecule has 0 bridgehead atoms. The van der Waals surface area contributed by atoms with Gasteiger partial charge in [-0.2, -0.15) is 0 Å². The van der Waals surface area contributed by atoms with Crippen LogP contribution in [0.2, 0.25) is 0 Å². The first-order valence-corrected chi connectivity index (χ1v) is 10.2. The average Bonchev–Trinajstić information content (AvgIpc) is 3.09. The van der Waals surface area contributed by atoms with Gasteiger partial charge in [-0.05, 0) is 41.5 Å². The second-order valence-corrected chi connectivity index (χ2v) is 7.27. The van der Waals surface area contributed by atoms with Crippen molar-refractivity contribution in [2.45, 2.75) is 31.2 Å². The molecule has 0 saturated carbocycles. The van der Waals surface area contributed by atoms with Gasteiger partial charge in [-0.1, -0.05) is 61.2 Å². The number of esters is 1. The molecule has 2 aromatic carbocycles. The number of nitrogens with one attached hydrogen (secondary N) is 1. The maximum atomic E-state index is 12.1. The lowest BCUT2D eigenvalue weighted by Crippen LogP contribution is -2.32. The van der Waals surface area contributed by atoms with E-state index in [1.807, 2.05) is 24.3 Å². The van der Waals surface area contributed by atoms with Gasteiger partial charge in [-0.3, -0.25) is 4.79 Å². The maximum absolute atomic E-state index is 12.1.